The summed E-state index contributed by atoms with van der Waals surface area (Å²) < 4.78 is 1.15. The maximum absolute atomic E-state index is 12.9. The molecule has 0 aliphatic carbocycles. The average Bonchev–Trinajstić information content (AvgIpc) is 2.75. The van der Waals surface area contributed by atoms with Crippen molar-refractivity contribution in [2.24, 2.45) is 0 Å². The van der Waals surface area contributed by atoms with E-state index >= 15 is 0 Å². The van der Waals surface area contributed by atoms with E-state index in [1.165, 1.54) is 49.4 Å². The van der Waals surface area contributed by atoms with Gasteiger partial charge >= 0.3 is 5.97 Å². The van der Waals surface area contributed by atoms with E-state index in [1.807, 2.05) is 0 Å². The van der Waals surface area contributed by atoms with Gasteiger partial charge in [0.25, 0.3) is 11.2 Å². The van der Waals surface area contributed by atoms with Gasteiger partial charge in [-0.1, -0.05) is 12.1 Å². The zero-order chi connectivity index (χ0) is 22.7. The normalized spacial score (nSPS) is 10.5. The van der Waals surface area contributed by atoms with Crippen LogP contribution in [0.2, 0.25) is 0 Å². The van der Waals surface area contributed by atoms with Gasteiger partial charge in [0.05, 0.1) is 16.1 Å². The highest BCUT2D eigenvalue weighted by Crippen LogP contribution is 2.29. The van der Waals surface area contributed by atoms with E-state index in [9.17, 15) is 24.5 Å². The number of anilines is 2. The molecule has 0 radical (unpaired) electrons. The van der Waals surface area contributed by atoms with Gasteiger partial charge in [0.1, 0.15) is 11.4 Å². The number of hydrogen-bond acceptors (Lipinski definition) is 7. The molecule has 31 heavy (non-hydrogen) atoms. The van der Waals surface area contributed by atoms with Gasteiger partial charge in [0.15, 0.2) is 5.78 Å². The van der Waals surface area contributed by atoms with Crippen LogP contribution < -0.4 is 10.9 Å². The van der Waals surface area contributed by atoms with Gasteiger partial charge < -0.3 is 10.4 Å². The number of Topliss-reactive ketones (excluding diaryl/α,β-unsaturated/α-hetero) is 1. The number of nitrogens with one attached hydrogen (secondary N) is 1. The molecule has 1 heterocycles. The Kier molecular flexibility index (Phi) is 5.91. The van der Waals surface area contributed by atoms with Crippen molar-refractivity contribution < 1.29 is 19.6 Å². The summed E-state index contributed by atoms with van der Waals surface area (Å²) in [6.07, 6.45) is 0. The number of aromatic nitrogens is 2. The SMILES string of the molecule is CCn1nc(-c2cccc([N+](=O)[O-])c2)c(C(C)=O)c(Nc2ccc(C(=O)O)cc2)c1=O. The molecule has 1 aromatic heterocycles. The Hall–Kier alpha value is -4.34. The fourth-order valence-electron chi connectivity index (χ4n) is 3.05. The maximum atomic E-state index is 12.9. The number of nitro groups is 1. The minimum absolute atomic E-state index is 0.0162. The summed E-state index contributed by atoms with van der Waals surface area (Å²) in [5.74, 6) is -1.56. The van der Waals surface area contributed by atoms with Gasteiger partial charge in [-0.25, -0.2) is 9.48 Å². The highest BCUT2D eigenvalue weighted by Gasteiger charge is 2.23. The third-order valence-corrected chi connectivity index (χ3v) is 4.54. The Labute approximate surface area is 175 Å². The number of nitro benzene ring substituents is 1. The quantitative estimate of drug-likeness (QED) is 0.334. The Morgan fingerprint density at radius 3 is 2.42 bits per heavy atom. The van der Waals surface area contributed by atoms with E-state index in [0.29, 0.717) is 11.3 Å². The van der Waals surface area contributed by atoms with E-state index in [2.05, 4.69) is 10.4 Å². The molecule has 2 aromatic carbocycles. The van der Waals surface area contributed by atoms with Crippen molar-refractivity contribution in [3.8, 4) is 11.3 Å². The summed E-state index contributed by atoms with van der Waals surface area (Å²) in [6, 6.07) is 11.3. The topological polar surface area (TPSA) is 144 Å². The van der Waals surface area contributed by atoms with Crippen molar-refractivity contribution in [2.75, 3.05) is 5.32 Å². The number of rotatable bonds is 7. The van der Waals surface area contributed by atoms with Crippen LogP contribution in [0.1, 0.15) is 34.6 Å². The third kappa shape index (κ3) is 4.32. The molecule has 0 unspecified atom stereocenters. The second kappa shape index (κ2) is 8.57. The summed E-state index contributed by atoms with van der Waals surface area (Å²) in [5.41, 5.74) is 0.101. The molecular weight excluding hydrogens is 404 g/mol. The van der Waals surface area contributed by atoms with Gasteiger partial charge in [-0.05, 0) is 38.1 Å². The number of carboxylic acids is 1. The predicted molar refractivity (Wildman–Crippen MR) is 113 cm³/mol. The minimum Gasteiger partial charge on any atom is -0.478 e. The number of carboxylic acid groups (broad SMARTS) is 1. The molecule has 0 saturated carbocycles. The van der Waals surface area contributed by atoms with E-state index in [-0.39, 0.29) is 34.7 Å². The molecule has 0 bridgehead atoms. The number of ketones is 1. The van der Waals surface area contributed by atoms with Gasteiger partial charge in [-0.2, -0.15) is 5.10 Å². The first kappa shape index (κ1) is 21.4. The Balaban J connectivity index is 2.23. The van der Waals surface area contributed by atoms with Crippen LogP contribution in [0.5, 0.6) is 0 Å². The Bertz CT molecular complexity index is 1250. The molecule has 3 rings (SSSR count). The van der Waals surface area contributed by atoms with Crippen molar-refractivity contribution >= 4 is 28.8 Å². The third-order valence-electron chi connectivity index (χ3n) is 4.54. The standard InChI is InChI=1S/C21H18N4O6/c1-3-24-20(27)19(22-15-9-7-13(8-10-15)21(28)29)17(12(2)26)18(23-24)14-5-4-6-16(11-14)25(30)31/h4-11,22H,3H2,1-2H3,(H,28,29). The lowest BCUT2D eigenvalue weighted by molar-refractivity contribution is -0.384. The first-order chi connectivity index (χ1) is 14.7. The molecular formula is C21H18N4O6. The largest absolute Gasteiger partial charge is 0.478 e. The lowest BCUT2D eigenvalue weighted by Gasteiger charge is -2.16. The smallest absolute Gasteiger partial charge is 0.335 e. The number of carbonyl (C=O) groups is 2. The zero-order valence-electron chi connectivity index (χ0n) is 16.7. The molecule has 0 spiro atoms. The summed E-state index contributed by atoms with van der Waals surface area (Å²) in [7, 11) is 0. The number of nitrogens with zero attached hydrogens (tertiary/aromatic N) is 3. The van der Waals surface area contributed by atoms with Crippen molar-refractivity contribution in [1.82, 2.24) is 9.78 Å². The Morgan fingerprint density at radius 1 is 1.19 bits per heavy atom. The van der Waals surface area contributed by atoms with E-state index < -0.39 is 22.2 Å². The number of non-ortho nitro benzene ring substituents is 1. The molecule has 0 atom stereocenters. The Morgan fingerprint density at radius 2 is 1.87 bits per heavy atom. The van der Waals surface area contributed by atoms with Crippen LogP contribution in [-0.4, -0.2) is 31.6 Å². The van der Waals surface area contributed by atoms with Crippen LogP contribution in [-0.2, 0) is 6.54 Å². The van der Waals surface area contributed by atoms with Crippen LogP contribution in [0.25, 0.3) is 11.3 Å². The molecule has 0 amide bonds. The minimum atomic E-state index is -1.10. The monoisotopic (exact) mass is 422 g/mol. The fraction of sp³-hybridized carbons (Fsp3) is 0.143. The van der Waals surface area contributed by atoms with Gasteiger partial charge in [0, 0.05) is 29.9 Å². The second-order valence-electron chi connectivity index (χ2n) is 6.59. The number of carbonyl (C=O) groups excluding carboxylic acids is 1. The van der Waals surface area contributed by atoms with Crippen LogP contribution in [0.4, 0.5) is 17.1 Å². The van der Waals surface area contributed by atoms with Gasteiger partial charge in [-0.3, -0.25) is 19.7 Å². The van der Waals surface area contributed by atoms with Crippen molar-refractivity contribution in [3.05, 3.63) is 80.1 Å². The molecule has 10 nitrogen and oxygen atoms in total. The van der Waals surface area contributed by atoms with Crippen molar-refractivity contribution in [3.63, 3.8) is 0 Å². The number of aryl methyl sites for hydroxylation is 1. The predicted octanol–water partition coefficient (Wildman–Crippen LogP) is 3.48. The molecule has 0 saturated heterocycles. The first-order valence-electron chi connectivity index (χ1n) is 9.24. The molecule has 2 N–H and O–H groups in total. The van der Waals surface area contributed by atoms with Crippen LogP contribution in [0.3, 0.4) is 0 Å². The fourth-order valence-corrected chi connectivity index (χ4v) is 3.05. The highest BCUT2D eigenvalue weighted by atomic mass is 16.6. The molecule has 0 fully saturated rings. The summed E-state index contributed by atoms with van der Waals surface area (Å²) >= 11 is 0. The molecule has 10 heteroatoms. The molecule has 0 aliphatic heterocycles. The highest BCUT2D eigenvalue weighted by molar-refractivity contribution is 6.05. The van der Waals surface area contributed by atoms with E-state index in [1.54, 1.807) is 13.0 Å². The van der Waals surface area contributed by atoms with Gasteiger partial charge in [-0.15, -0.1) is 0 Å². The summed E-state index contributed by atoms with van der Waals surface area (Å²) in [6.45, 7) is 3.17. The summed E-state index contributed by atoms with van der Waals surface area (Å²) in [4.78, 5) is 47.1. The zero-order valence-corrected chi connectivity index (χ0v) is 16.7. The molecule has 3 aromatic rings. The van der Waals surface area contributed by atoms with Crippen LogP contribution in [0.15, 0.2) is 53.3 Å². The van der Waals surface area contributed by atoms with Crippen molar-refractivity contribution in [2.45, 2.75) is 20.4 Å². The second-order valence-corrected chi connectivity index (χ2v) is 6.59. The van der Waals surface area contributed by atoms with Gasteiger partial charge in [0.2, 0.25) is 0 Å². The van der Waals surface area contributed by atoms with E-state index in [0.717, 1.165) is 4.68 Å². The van der Waals surface area contributed by atoms with E-state index in [4.69, 9.17) is 5.11 Å². The lowest BCUT2D eigenvalue weighted by Crippen LogP contribution is -2.28. The molecule has 158 valence electrons. The van der Waals surface area contributed by atoms with Crippen molar-refractivity contribution in [1.29, 1.82) is 0 Å². The maximum Gasteiger partial charge on any atom is 0.335 e. The number of benzene rings is 2. The van der Waals surface area contributed by atoms with Crippen LogP contribution in [0, 0.1) is 10.1 Å². The first-order valence-corrected chi connectivity index (χ1v) is 9.24. The lowest BCUT2D eigenvalue weighted by atomic mass is 10.0. The van der Waals surface area contributed by atoms with Crippen LogP contribution >= 0.6 is 0 Å². The molecule has 0 aliphatic rings. The number of aromatic carboxylic acids is 1. The average molecular weight is 422 g/mol. The number of hydrogen-bond donors (Lipinski definition) is 2. The summed E-state index contributed by atoms with van der Waals surface area (Å²) in [5, 5.41) is 27.4.